The van der Waals surface area contributed by atoms with Crippen LogP contribution in [0, 0.1) is 0 Å². The molecule has 1 rings (SSSR count). The van der Waals surface area contributed by atoms with Crippen LogP contribution in [0.4, 0.5) is 0 Å². The normalized spacial score (nSPS) is 10.1. The van der Waals surface area contributed by atoms with Gasteiger partial charge in [0.25, 0.3) is 0 Å². The van der Waals surface area contributed by atoms with Crippen LogP contribution in [0.15, 0.2) is 36.9 Å². The summed E-state index contributed by atoms with van der Waals surface area (Å²) in [6.07, 6.45) is 0. The van der Waals surface area contributed by atoms with E-state index in [2.05, 4.69) is 6.58 Å². The van der Waals surface area contributed by atoms with E-state index < -0.39 is 17.5 Å². The molecule has 0 aliphatic carbocycles. The predicted octanol–water partition coefficient (Wildman–Crippen LogP) is 2.94. The summed E-state index contributed by atoms with van der Waals surface area (Å²) in [6.45, 7) is 3.85. The van der Waals surface area contributed by atoms with Gasteiger partial charge in [0.2, 0.25) is 0 Å². The Morgan fingerprint density at radius 2 is 1.73 bits per heavy atom. The molecule has 0 saturated heterocycles. The zero-order valence-electron chi connectivity index (χ0n) is 5.93. The van der Waals surface area contributed by atoms with Crippen molar-refractivity contribution in [2.45, 2.75) is 0 Å². The van der Waals surface area contributed by atoms with Crippen molar-refractivity contribution in [1.29, 1.82) is 0 Å². The number of halogens is 2. The van der Waals surface area contributed by atoms with Crippen molar-refractivity contribution in [2.24, 2.45) is 0 Å². The Kier molecular flexibility index (Phi) is 3.76. The van der Waals surface area contributed by atoms with Gasteiger partial charge in [0.05, 0.1) is 0 Å². The molecular weight excluding hydrogens is 286 g/mol. The molecule has 58 valence electrons. The summed E-state index contributed by atoms with van der Waals surface area (Å²) in [7, 11) is 11.7. The van der Waals surface area contributed by atoms with E-state index in [1.165, 1.54) is 0 Å². The molecule has 1 aromatic carbocycles. The van der Waals surface area contributed by atoms with E-state index in [1.807, 2.05) is 30.3 Å². The van der Waals surface area contributed by atoms with Crippen LogP contribution >= 0.6 is 17.8 Å². The average Bonchev–Trinajstić information content (AvgIpc) is 2.05. The summed E-state index contributed by atoms with van der Waals surface area (Å²) in [5, 5.41) is 0. The van der Waals surface area contributed by atoms with Gasteiger partial charge in [0, 0.05) is 0 Å². The van der Waals surface area contributed by atoms with Crippen molar-refractivity contribution in [2.75, 3.05) is 0 Å². The van der Waals surface area contributed by atoms with E-state index in [9.17, 15) is 0 Å². The molecule has 0 aliphatic heterocycles. The van der Waals surface area contributed by atoms with E-state index in [4.69, 9.17) is 17.8 Å². The Balaban J connectivity index is 2.86. The monoisotopic (exact) mass is 294 g/mol. The summed E-state index contributed by atoms with van der Waals surface area (Å²) < 4.78 is 0.954. The van der Waals surface area contributed by atoms with E-state index in [-0.39, 0.29) is 0 Å². The molecule has 0 spiro atoms. The third-order valence-corrected chi connectivity index (χ3v) is 7.40. The first-order valence-electron chi connectivity index (χ1n) is 3.24. The summed E-state index contributed by atoms with van der Waals surface area (Å²) in [6, 6.07) is 9.85. The number of rotatable bonds is 2. The maximum atomic E-state index is 5.84. The zero-order chi connectivity index (χ0) is 8.27. The molecule has 0 saturated carbocycles. The van der Waals surface area contributed by atoms with Crippen molar-refractivity contribution < 1.29 is 0 Å². The molecule has 3 heteroatoms. The first-order valence-corrected chi connectivity index (χ1v) is 13.2. The van der Waals surface area contributed by atoms with Gasteiger partial charge in [-0.05, 0) is 0 Å². The molecule has 0 fully saturated rings. The molecule has 11 heavy (non-hydrogen) atoms. The van der Waals surface area contributed by atoms with Crippen LogP contribution in [0.1, 0.15) is 5.56 Å². The Morgan fingerprint density at radius 3 is 2.18 bits per heavy atom. The molecule has 0 radical (unpaired) electrons. The van der Waals surface area contributed by atoms with Crippen LogP contribution in [-0.4, -0.2) is 17.5 Å². The van der Waals surface area contributed by atoms with Crippen LogP contribution in [0.25, 0.3) is 3.59 Å². The zero-order valence-corrected chi connectivity index (χ0v) is 10.7. The Morgan fingerprint density at radius 1 is 1.18 bits per heavy atom. The van der Waals surface area contributed by atoms with Crippen molar-refractivity contribution in [3.8, 4) is 0 Å². The fraction of sp³-hybridized carbons (Fsp3) is 0. The Hall–Kier alpha value is 0.339. The van der Waals surface area contributed by atoms with Gasteiger partial charge in [0.15, 0.2) is 0 Å². The van der Waals surface area contributed by atoms with Gasteiger partial charge >= 0.3 is 81.4 Å². The minimum atomic E-state index is -2.37. The molecular formula is C8H8Cl2Sn. The second kappa shape index (κ2) is 4.39. The predicted molar refractivity (Wildman–Crippen MR) is 54.3 cm³/mol. The quantitative estimate of drug-likeness (QED) is 0.736. The molecule has 0 amide bonds. The van der Waals surface area contributed by atoms with Gasteiger partial charge in [-0.3, -0.25) is 0 Å². The summed E-state index contributed by atoms with van der Waals surface area (Å²) in [5.74, 6) is 0. The third kappa shape index (κ3) is 2.69. The molecule has 1 aromatic rings. The van der Waals surface area contributed by atoms with Gasteiger partial charge in [-0.25, -0.2) is 0 Å². The standard InChI is InChI=1S/C8H7.2ClH.Sn.H/c1-2-8-6-4-3-5-7-8;;;;/h3-7H,1H2;2*1H;;/q;;;+2;/p-2. The molecule has 0 N–H and O–H groups in total. The number of benzene rings is 1. The van der Waals surface area contributed by atoms with E-state index in [1.54, 1.807) is 0 Å². The van der Waals surface area contributed by atoms with Crippen LogP contribution in [0.3, 0.4) is 0 Å². The van der Waals surface area contributed by atoms with Crippen molar-refractivity contribution >= 4 is 38.9 Å². The topological polar surface area (TPSA) is 0 Å². The fourth-order valence-corrected chi connectivity index (χ4v) is 3.74. The maximum absolute atomic E-state index is 5.84. The summed E-state index contributed by atoms with van der Waals surface area (Å²) >= 11 is -2.37. The van der Waals surface area contributed by atoms with Crippen molar-refractivity contribution in [3.05, 3.63) is 42.5 Å². The second-order valence-electron chi connectivity index (χ2n) is 2.19. The third-order valence-electron chi connectivity index (χ3n) is 1.41. The van der Waals surface area contributed by atoms with Gasteiger partial charge in [-0.15, -0.1) is 0 Å². The molecule has 0 unspecified atom stereocenters. The van der Waals surface area contributed by atoms with E-state index in [0.29, 0.717) is 0 Å². The van der Waals surface area contributed by atoms with E-state index in [0.717, 1.165) is 9.15 Å². The van der Waals surface area contributed by atoms with Crippen LogP contribution < -0.4 is 0 Å². The molecule has 0 heterocycles. The minimum absolute atomic E-state index is 0.954. The molecule has 0 nitrogen and oxygen atoms in total. The Labute approximate surface area is 81.0 Å². The average molecular weight is 294 g/mol. The Bertz CT molecular complexity index is 244. The van der Waals surface area contributed by atoms with E-state index >= 15 is 0 Å². The fourth-order valence-electron chi connectivity index (χ4n) is 0.778. The van der Waals surface area contributed by atoms with Crippen molar-refractivity contribution in [3.63, 3.8) is 0 Å². The van der Waals surface area contributed by atoms with Gasteiger partial charge in [-0.2, -0.15) is 0 Å². The molecule has 0 aliphatic rings. The second-order valence-corrected chi connectivity index (χ2v) is 13.3. The first-order chi connectivity index (χ1) is 5.22. The number of hydrogen-bond donors (Lipinski definition) is 0. The number of hydrogen-bond acceptors (Lipinski definition) is 0. The van der Waals surface area contributed by atoms with Crippen LogP contribution in [0.2, 0.25) is 0 Å². The van der Waals surface area contributed by atoms with Crippen LogP contribution in [0.5, 0.6) is 0 Å². The first kappa shape index (κ1) is 9.43. The van der Waals surface area contributed by atoms with Gasteiger partial charge in [-0.1, -0.05) is 0 Å². The van der Waals surface area contributed by atoms with Gasteiger partial charge < -0.3 is 0 Å². The van der Waals surface area contributed by atoms with Crippen LogP contribution in [-0.2, 0) is 0 Å². The summed E-state index contributed by atoms with van der Waals surface area (Å²) in [4.78, 5) is 0. The summed E-state index contributed by atoms with van der Waals surface area (Å²) in [5.41, 5.74) is 1.08. The molecule has 0 aromatic heterocycles. The molecule has 0 bridgehead atoms. The SMILES string of the molecule is C=[C](c1ccccc1)[SnH]([Cl])[Cl]. The van der Waals surface area contributed by atoms with Crippen molar-refractivity contribution in [1.82, 2.24) is 0 Å². The molecule has 0 atom stereocenters. The van der Waals surface area contributed by atoms with Gasteiger partial charge in [0.1, 0.15) is 0 Å².